The van der Waals surface area contributed by atoms with E-state index in [1.54, 1.807) is 24.4 Å². The lowest BCUT2D eigenvalue weighted by atomic mass is 9.97. The number of carbonyl (C=O) groups excluding carboxylic acids is 2. The van der Waals surface area contributed by atoms with Gasteiger partial charge in [-0.2, -0.15) is 10.2 Å². The van der Waals surface area contributed by atoms with Gasteiger partial charge < -0.3 is 10.2 Å². The Bertz CT molecular complexity index is 1250. The maximum atomic E-state index is 13.8. The van der Waals surface area contributed by atoms with E-state index in [0.717, 1.165) is 25.9 Å². The molecule has 0 atom stereocenters. The molecule has 2 saturated heterocycles. The number of carbonyl (C=O) groups is 2. The number of hydrogen-bond donors (Lipinski definition) is 2. The van der Waals surface area contributed by atoms with Crippen LogP contribution in [-0.4, -0.2) is 78.8 Å². The second-order valence-corrected chi connectivity index (χ2v) is 9.85. The van der Waals surface area contributed by atoms with Crippen LogP contribution in [0.15, 0.2) is 36.7 Å². The summed E-state index contributed by atoms with van der Waals surface area (Å²) in [7, 11) is 0. The standard InChI is InChI=1S/C25H30F2N8O2/c1-15(2)25(37)33-10-7-16(8-11-33)34-12-17(13-34)35-14-21(22(32-35)23(26)27)30-24(36)20-5-3-4-18(29-20)19-6-9-28-31-19/h3-6,9,14-17,23H,7-8,10-13H2,1-2H3,(H,28,31)(H,30,36). The number of hydrogen-bond acceptors (Lipinski definition) is 6. The third-order valence-corrected chi connectivity index (χ3v) is 7.01. The molecule has 2 aliphatic heterocycles. The van der Waals surface area contributed by atoms with Crippen molar-refractivity contribution in [3.05, 3.63) is 48.0 Å². The van der Waals surface area contributed by atoms with E-state index in [9.17, 15) is 18.4 Å². The van der Waals surface area contributed by atoms with Crippen LogP contribution in [0.3, 0.4) is 0 Å². The molecule has 3 aromatic rings. The largest absolute Gasteiger partial charge is 0.342 e. The van der Waals surface area contributed by atoms with E-state index >= 15 is 0 Å². The zero-order valence-corrected chi connectivity index (χ0v) is 20.8. The quantitative estimate of drug-likeness (QED) is 0.502. The summed E-state index contributed by atoms with van der Waals surface area (Å²) in [5.41, 5.74) is 0.669. The monoisotopic (exact) mass is 512 g/mol. The zero-order valence-electron chi connectivity index (χ0n) is 20.8. The van der Waals surface area contributed by atoms with Gasteiger partial charge in [0.15, 0.2) is 5.69 Å². The van der Waals surface area contributed by atoms with Crippen LogP contribution in [0, 0.1) is 5.92 Å². The van der Waals surface area contributed by atoms with Gasteiger partial charge in [0.25, 0.3) is 12.3 Å². The van der Waals surface area contributed by atoms with Crippen molar-refractivity contribution in [3.63, 3.8) is 0 Å². The summed E-state index contributed by atoms with van der Waals surface area (Å²) in [6.07, 6.45) is 2.09. The number of rotatable bonds is 7. The fraction of sp³-hybridized carbons (Fsp3) is 0.480. The molecule has 5 heterocycles. The van der Waals surface area contributed by atoms with E-state index in [4.69, 9.17) is 0 Å². The molecule has 0 spiro atoms. The van der Waals surface area contributed by atoms with Crippen LogP contribution in [-0.2, 0) is 4.79 Å². The van der Waals surface area contributed by atoms with Gasteiger partial charge in [-0.1, -0.05) is 19.9 Å². The predicted molar refractivity (Wildman–Crippen MR) is 132 cm³/mol. The van der Waals surface area contributed by atoms with Crippen molar-refractivity contribution in [3.8, 4) is 11.4 Å². The Morgan fingerprint density at radius 3 is 2.49 bits per heavy atom. The number of likely N-dealkylation sites (tertiary alicyclic amines) is 2. The second kappa shape index (κ2) is 10.4. The van der Waals surface area contributed by atoms with E-state index in [-0.39, 0.29) is 29.2 Å². The molecule has 0 saturated carbocycles. The first-order valence-corrected chi connectivity index (χ1v) is 12.5. The average Bonchev–Trinajstić information content (AvgIpc) is 3.54. The van der Waals surface area contributed by atoms with Crippen molar-refractivity contribution in [2.24, 2.45) is 5.92 Å². The number of piperidine rings is 1. The summed E-state index contributed by atoms with van der Waals surface area (Å²) in [4.78, 5) is 33.6. The predicted octanol–water partition coefficient (Wildman–Crippen LogP) is 3.36. The number of halogens is 2. The Hall–Kier alpha value is -3.67. The van der Waals surface area contributed by atoms with E-state index in [0.29, 0.717) is 30.5 Å². The minimum Gasteiger partial charge on any atom is -0.342 e. The fourth-order valence-corrected chi connectivity index (χ4v) is 4.91. The normalized spacial score (nSPS) is 17.4. The highest BCUT2D eigenvalue weighted by molar-refractivity contribution is 6.03. The van der Waals surface area contributed by atoms with Crippen molar-refractivity contribution in [1.29, 1.82) is 0 Å². The number of nitrogens with one attached hydrogen (secondary N) is 2. The van der Waals surface area contributed by atoms with Gasteiger partial charge in [0.05, 0.1) is 17.4 Å². The van der Waals surface area contributed by atoms with E-state index in [1.165, 1.54) is 16.9 Å². The first-order valence-electron chi connectivity index (χ1n) is 12.5. The number of alkyl halides is 2. The molecule has 0 aliphatic carbocycles. The molecule has 12 heteroatoms. The molecule has 196 valence electrons. The van der Waals surface area contributed by atoms with Gasteiger partial charge in [0, 0.05) is 50.5 Å². The van der Waals surface area contributed by atoms with E-state index in [2.05, 4.69) is 30.5 Å². The molecule has 0 aromatic carbocycles. The number of aromatic nitrogens is 5. The second-order valence-electron chi connectivity index (χ2n) is 9.85. The van der Waals surface area contributed by atoms with Gasteiger partial charge in [0.1, 0.15) is 11.4 Å². The van der Waals surface area contributed by atoms with Crippen molar-refractivity contribution in [2.75, 3.05) is 31.5 Å². The third-order valence-electron chi connectivity index (χ3n) is 7.01. The molecular weight excluding hydrogens is 482 g/mol. The van der Waals surface area contributed by atoms with Crippen LogP contribution in [0.5, 0.6) is 0 Å². The number of nitrogens with zero attached hydrogens (tertiary/aromatic N) is 6. The number of pyridine rings is 1. The van der Waals surface area contributed by atoms with Crippen molar-refractivity contribution < 1.29 is 18.4 Å². The van der Waals surface area contributed by atoms with Gasteiger partial charge >= 0.3 is 0 Å². The van der Waals surface area contributed by atoms with Crippen molar-refractivity contribution in [2.45, 2.75) is 45.2 Å². The molecule has 10 nitrogen and oxygen atoms in total. The average molecular weight is 513 g/mol. The Morgan fingerprint density at radius 2 is 1.84 bits per heavy atom. The summed E-state index contributed by atoms with van der Waals surface area (Å²) < 4.78 is 29.0. The summed E-state index contributed by atoms with van der Waals surface area (Å²) >= 11 is 0. The third kappa shape index (κ3) is 5.24. The Balaban J connectivity index is 1.21. The first-order chi connectivity index (χ1) is 17.8. The van der Waals surface area contributed by atoms with Crippen molar-refractivity contribution in [1.82, 2.24) is 34.8 Å². The summed E-state index contributed by atoms with van der Waals surface area (Å²) in [6.45, 7) is 6.69. The highest BCUT2D eigenvalue weighted by Gasteiger charge is 2.37. The number of H-pyrrole nitrogens is 1. The summed E-state index contributed by atoms with van der Waals surface area (Å²) in [5.74, 6) is -0.412. The lowest BCUT2D eigenvalue weighted by Gasteiger charge is -2.47. The molecular formula is C25H30F2N8O2. The molecule has 0 radical (unpaired) electrons. The topological polar surface area (TPSA) is 112 Å². The number of amides is 2. The van der Waals surface area contributed by atoms with Crippen LogP contribution in [0.4, 0.5) is 14.5 Å². The Labute approximate surface area is 213 Å². The molecule has 3 aromatic heterocycles. The SMILES string of the molecule is CC(C)C(=O)N1CCC(N2CC(n3cc(NC(=O)c4cccc(-c5cc[nH]n5)n4)c(C(F)F)n3)C2)CC1. The molecule has 0 unspecified atom stereocenters. The maximum absolute atomic E-state index is 13.8. The van der Waals surface area contributed by atoms with Gasteiger partial charge in [-0.3, -0.25) is 24.3 Å². The van der Waals surface area contributed by atoms with E-state index < -0.39 is 18.0 Å². The molecule has 0 bridgehead atoms. The van der Waals surface area contributed by atoms with Crippen LogP contribution in [0.25, 0.3) is 11.4 Å². The highest BCUT2D eigenvalue weighted by atomic mass is 19.3. The lowest BCUT2D eigenvalue weighted by Crippen LogP contribution is -2.56. The minimum absolute atomic E-state index is 0.000604. The molecule has 2 aliphatic rings. The van der Waals surface area contributed by atoms with Crippen LogP contribution in [0.1, 0.15) is 55.3 Å². The highest BCUT2D eigenvalue weighted by Crippen LogP contribution is 2.32. The maximum Gasteiger partial charge on any atom is 0.284 e. The number of aromatic amines is 1. The fourth-order valence-electron chi connectivity index (χ4n) is 4.91. The summed E-state index contributed by atoms with van der Waals surface area (Å²) in [5, 5.41) is 13.4. The lowest BCUT2D eigenvalue weighted by molar-refractivity contribution is -0.136. The molecule has 5 rings (SSSR count). The molecule has 37 heavy (non-hydrogen) atoms. The zero-order chi connectivity index (χ0) is 26.1. The van der Waals surface area contributed by atoms with Crippen LogP contribution in [0.2, 0.25) is 0 Å². The Kier molecular flexibility index (Phi) is 7.00. The van der Waals surface area contributed by atoms with Crippen LogP contribution < -0.4 is 5.32 Å². The van der Waals surface area contributed by atoms with Gasteiger partial charge in [-0.05, 0) is 31.0 Å². The van der Waals surface area contributed by atoms with Crippen LogP contribution >= 0.6 is 0 Å². The molecule has 2 N–H and O–H groups in total. The number of anilines is 1. The Morgan fingerprint density at radius 1 is 1.08 bits per heavy atom. The van der Waals surface area contributed by atoms with Gasteiger partial charge in [0.2, 0.25) is 5.91 Å². The summed E-state index contributed by atoms with van der Waals surface area (Å²) in [6, 6.07) is 6.92. The first kappa shape index (κ1) is 25.0. The van der Waals surface area contributed by atoms with Gasteiger partial charge in [-0.15, -0.1) is 0 Å². The van der Waals surface area contributed by atoms with Gasteiger partial charge in [-0.25, -0.2) is 13.8 Å². The van der Waals surface area contributed by atoms with E-state index in [1.807, 2.05) is 18.7 Å². The molecule has 2 amide bonds. The van der Waals surface area contributed by atoms with Crippen molar-refractivity contribution >= 4 is 17.5 Å². The minimum atomic E-state index is -2.83. The molecule has 2 fully saturated rings. The smallest absolute Gasteiger partial charge is 0.284 e.